The fraction of sp³-hybridized carbons (Fsp3) is 0.571. The highest BCUT2D eigenvalue weighted by Gasteiger charge is 2.18. The highest BCUT2D eigenvalue weighted by Crippen LogP contribution is 2.25. The van der Waals surface area contributed by atoms with Gasteiger partial charge in [0.2, 0.25) is 0 Å². The van der Waals surface area contributed by atoms with Crippen LogP contribution in [0.5, 0.6) is 0 Å². The number of halogens is 2. The predicted octanol–water partition coefficient (Wildman–Crippen LogP) is 4.35. The van der Waals surface area contributed by atoms with Crippen LogP contribution in [0, 0.1) is 5.82 Å². The van der Waals surface area contributed by atoms with Crippen LogP contribution in [0.3, 0.4) is 0 Å². The molecular formula is C14H19BrFN. The van der Waals surface area contributed by atoms with Gasteiger partial charge in [-0.15, -0.1) is 0 Å². The van der Waals surface area contributed by atoms with Crippen molar-refractivity contribution < 1.29 is 4.39 Å². The maximum absolute atomic E-state index is 13.0. The van der Waals surface area contributed by atoms with Crippen LogP contribution in [-0.2, 0) is 6.54 Å². The van der Waals surface area contributed by atoms with Crippen molar-refractivity contribution in [1.82, 2.24) is 4.90 Å². The standard InChI is InChI=1S/C14H19BrFN/c1-17(13-5-3-2-4-6-13)10-11-7-8-12(16)9-14(11)15/h7-9,13H,2-6,10H2,1H3. The van der Waals surface area contributed by atoms with Crippen molar-refractivity contribution in [3.05, 3.63) is 34.1 Å². The van der Waals surface area contributed by atoms with Gasteiger partial charge in [0.05, 0.1) is 0 Å². The Morgan fingerprint density at radius 3 is 2.65 bits per heavy atom. The summed E-state index contributed by atoms with van der Waals surface area (Å²) in [5.74, 6) is -0.180. The monoisotopic (exact) mass is 299 g/mol. The predicted molar refractivity (Wildman–Crippen MR) is 72.4 cm³/mol. The third kappa shape index (κ3) is 3.52. The van der Waals surface area contributed by atoms with E-state index in [1.165, 1.54) is 43.7 Å². The largest absolute Gasteiger partial charge is 0.299 e. The normalized spacial score (nSPS) is 17.6. The van der Waals surface area contributed by atoms with Gasteiger partial charge in [-0.05, 0) is 37.6 Å². The van der Waals surface area contributed by atoms with Gasteiger partial charge in [0.25, 0.3) is 0 Å². The molecule has 0 N–H and O–H groups in total. The Kier molecular flexibility index (Phi) is 4.57. The molecule has 0 atom stereocenters. The number of rotatable bonds is 3. The second kappa shape index (κ2) is 5.96. The first-order chi connectivity index (χ1) is 8.16. The molecule has 1 nitrogen and oxygen atoms in total. The van der Waals surface area contributed by atoms with Crippen LogP contribution in [0.15, 0.2) is 22.7 Å². The van der Waals surface area contributed by atoms with E-state index in [-0.39, 0.29) is 5.82 Å². The zero-order valence-corrected chi connectivity index (χ0v) is 11.8. The lowest BCUT2D eigenvalue weighted by molar-refractivity contribution is 0.184. The van der Waals surface area contributed by atoms with Crippen molar-refractivity contribution in [1.29, 1.82) is 0 Å². The van der Waals surface area contributed by atoms with Gasteiger partial charge < -0.3 is 0 Å². The van der Waals surface area contributed by atoms with Crippen molar-refractivity contribution in [3.8, 4) is 0 Å². The summed E-state index contributed by atoms with van der Waals surface area (Å²) in [5, 5.41) is 0. The average Bonchev–Trinajstić information content (AvgIpc) is 2.34. The molecule has 0 unspecified atom stereocenters. The summed E-state index contributed by atoms with van der Waals surface area (Å²) < 4.78 is 13.9. The summed E-state index contributed by atoms with van der Waals surface area (Å²) in [4.78, 5) is 2.40. The second-order valence-electron chi connectivity index (χ2n) is 4.94. The molecule has 0 spiro atoms. The number of hydrogen-bond donors (Lipinski definition) is 0. The van der Waals surface area contributed by atoms with Crippen molar-refractivity contribution in [2.45, 2.75) is 44.7 Å². The van der Waals surface area contributed by atoms with Crippen molar-refractivity contribution in [2.24, 2.45) is 0 Å². The van der Waals surface area contributed by atoms with Crippen LogP contribution in [0.4, 0.5) is 4.39 Å². The van der Waals surface area contributed by atoms with E-state index in [0.717, 1.165) is 11.0 Å². The zero-order valence-electron chi connectivity index (χ0n) is 10.3. The van der Waals surface area contributed by atoms with Gasteiger partial charge in [0.15, 0.2) is 0 Å². The minimum Gasteiger partial charge on any atom is -0.299 e. The summed E-state index contributed by atoms with van der Waals surface area (Å²) in [7, 11) is 2.17. The van der Waals surface area contributed by atoms with Crippen LogP contribution in [0.25, 0.3) is 0 Å². The van der Waals surface area contributed by atoms with Crippen molar-refractivity contribution in [3.63, 3.8) is 0 Å². The van der Waals surface area contributed by atoms with Gasteiger partial charge in [0, 0.05) is 17.1 Å². The lowest BCUT2D eigenvalue weighted by Gasteiger charge is -2.31. The number of hydrogen-bond acceptors (Lipinski definition) is 1. The lowest BCUT2D eigenvalue weighted by atomic mass is 9.94. The zero-order chi connectivity index (χ0) is 12.3. The summed E-state index contributed by atoms with van der Waals surface area (Å²) in [6.45, 7) is 0.894. The van der Waals surface area contributed by atoms with Crippen molar-refractivity contribution in [2.75, 3.05) is 7.05 Å². The maximum atomic E-state index is 13.0. The maximum Gasteiger partial charge on any atom is 0.124 e. The Balaban J connectivity index is 1.99. The van der Waals surface area contributed by atoms with E-state index in [9.17, 15) is 4.39 Å². The minimum absolute atomic E-state index is 0.180. The van der Waals surface area contributed by atoms with Crippen LogP contribution >= 0.6 is 15.9 Å². The van der Waals surface area contributed by atoms with Gasteiger partial charge >= 0.3 is 0 Å². The van der Waals surface area contributed by atoms with E-state index in [0.29, 0.717) is 6.04 Å². The van der Waals surface area contributed by atoms with E-state index in [4.69, 9.17) is 0 Å². The first kappa shape index (κ1) is 13.0. The summed E-state index contributed by atoms with van der Waals surface area (Å²) >= 11 is 3.43. The third-order valence-electron chi connectivity index (χ3n) is 3.63. The van der Waals surface area contributed by atoms with Crippen LogP contribution in [0.1, 0.15) is 37.7 Å². The summed E-state index contributed by atoms with van der Waals surface area (Å²) in [5.41, 5.74) is 1.17. The van der Waals surface area contributed by atoms with E-state index < -0.39 is 0 Å². The third-order valence-corrected chi connectivity index (χ3v) is 4.37. The molecule has 94 valence electrons. The van der Waals surface area contributed by atoms with E-state index in [2.05, 4.69) is 27.9 Å². The summed E-state index contributed by atoms with van der Waals surface area (Å²) in [6, 6.07) is 5.65. The molecule has 17 heavy (non-hydrogen) atoms. The van der Waals surface area contributed by atoms with Crippen molar-refractivity contribution >= 4 is 15.9 Å². The molecule has 1 aromatic carbocycles. The minimum atomic E-state index is -0.180. The first-order valence-corrected chi connectivity index (χ1v) is 7.10. The topological polar surface area (TPSA) is 3.24 Å². The van der Waals surface area contributed by atoms with E-state index in [1.54, 1.807) is 6.07 Å². The Hall–Kier alpha value is -0.410. The Labute approximate surface area is 111 Å². The van der Waals surface area contributed by atoms with Gasteiger partial charge in [-0.3, -0.25) is 4.90 Å². The van der Waals surface area contributed by atoms with Gasteiger partial charge in [-0.1, -0.05) is 41.3 Å². The fourth-order valence-electron chi connectivity index (χ4n) is 2.57. The molecule has 0 heterocycles. The highest BCUT2D eigenvalue weighted by atomic mass is 79.9. The number of nitrogens with zero attached hydrogens (tertiary/aromatic N) is 1. The molecule has 2 rings (SSSR count). The van der Waals surface area contributed by atoms with Gasteiger partial charge in [-0.2, -0.15) is 0 Å². The first-order valence-electron chi connectivity index (χ1n) is 6.31. The van der Waals surface area contributed by atoms with Crippen LogP contribution in [0.2, 0.25) is 0 Å². The number of benzene rings is 1. The fourth-order valence-corrected chi connectivity index (χ4v) is 3.05. The highest BCUT2D eigenvalue weighted by molar-refractivity contribution is 9.10. The van der Waals surface area contributed by atoms with Crippen LogP contribution < -0.4 is 0 Å². The SMILES string of the molecule is CN(Cc1ccc(F)cc1Br)C1CCCCC1. The Morgan fingerprint density at radius 2 is 2.00 bits per heavy atom. The Bertz CT molecular complexity index is 374. The van der Waals surface area contributed by atoms with Gasteiger partial charge in [-0.25, -0.2) is 4.39 Å². The molecule has 1 aliphatic rings. The molecule has 1 fully saturated rings. The molecule has 1 aromatic rings. The molecule has 3 heteroatoms. The lowest BCUT2D eigenvalue weighted by Crippen LogP contribution is -2.32. The Morgan fingerprint density at radius 1 is 1.29 bits per heavy atom. The molecule has 1 saturated carbocycles. The quantitative estimate of drug-likeness (QED) is 0.802. The van der Waals surface area contributed by atoms with E-state index >= 15 is 0 Å². The van der Waals surface area contributed by atoms with Crippen LogP contribution in [-0.4, -0.2) is 18.0 Å². The summed E-state index contributed by atoms with van der Waals surface area (Å²) in [6.07, 6.45) is 6.67. The molecular weight excluding hydrogens is 281 g/mol. The smallest absolute Gasteiger partial charge is 0.124 e. The second-order valence-corrected chi connectivity index (χ2v) is 5.80. The molecule has 0 bridgehead atoms. The molecule has 0 radical (unpaired) electrons. The molecule has 0 amide bonds. The molecule has 0 saturated heterocycles. The van der Waals surface area contributed by atoms with Gasteiger partial charge in [0.1, 0.15) is 5.82 Å². The molecule has 0 aliphatic heterocycles. The van der Waals surface area contributed by atoms with E-state index in [1.807, 2.05) is 6.07 Å². The average molecular weight is 300 g/mol. The molecule has 1 aliphatic carbocycles. The molecule has 0 aromatic heterocycles.